The number of aryl methyl sites for hydroxylation is 4. The minimum atomic E-state index is 0.300. The standard InChI is InChI=1S/C24H32N4O/c1-5-22-21(15-20-14-16(2)6-7-17(20)3)23(26-18(4)25-22)27-10-12-28(13-11-27)24(29)19-8-9-19/h6-7,14,19H,5,8-13,15H2,1-4H3. The molecule has 0 atom stereocenters. The van der Waals surface area contributed by atoms with Gasteiger partial charge in [-0.15, -0.1) is 0 Å². The fraction of sp³-hybridized carbons (Fsp3) is 0.542. The van der Waals surface area contributed by atoms with Crippen molar-refractivity contribution in [2.24, 2.45) is 5.92 Å². The molecule has 2 aromatic rings. The maximum Gasteiger partial charge on any atom is 0.225 e. The third kappa shape index (κ3) is 4.29. The van der Waals surface area contributed by atoms with Crippen molar-refractivity contribution >= 4 is 11.7 Å². The van der Waals surface area contributed by atoms with Gasteiger partial charge >= 0.3 is 0 Å². The number of carbonyl (C=O) groups excluding carboxylic acids is 1. The van der Waals surface area contributed by atoms with Crippen LogP contribution in [0, 0.1) is 26.7 Å². The van der Waals surface area contributed by atoms with Crippen LogP contribution in [-0.4, -0.2) is 47.0 Å². The highest BCUT2D eigenvalue weighted by Gasteiger charge is 2.35. The Morgan fingerprint density at radius 2 is 1.79 bits per heavy atom. The number of carbonyl (C=O) groups is 1. The van der Waals surface area contributed by atoms with Gasteiger partial charge in [0.05, 0.1) is 0 Å². The molecule has 1 aliphatic carbocycles. The number of amides is 1. The average Bonchev–Trinajstić information content (AvgIpc) is 3.56. The van der Waals surface area contributed by atoms with Gasteiger partial charge in [0.2, 0.25) is 5.91 Å². The molecule has 0 bridgehead atoms. The van der Waals surface area contributed by atoms with Crippen LogP contribution in [0.2, 0.25) is 0 Å². The average molecular weight is 393 g/mol. The van der Waals surface area contributed by atoms with Crippen molar-refractivity contribution in [3.8, 4) is 0 Å². The Labute approximate surface area is 174 Å². The Morgan fingerprint density at radius 1 is 1.07 bits per heavy atom. The highest BCUT2D eigenvalue weighted by Crippen LogP contribution is 2.32. The molecule has 0 radical (unpaired) electrons. The second-order valence-corrected chi connectivity index (χ2v) is 8.57. The number of aromatic nitrogens is 2. The van der Waals surface area contributed by atoms with Crippen molar-refractivity contribution in [2.45, 2.75) is 53.4 Å². The van der Waals surface area contributed by atoms with E-state index in [0.717, 1.165) is 69.2 Å². The van der Waals surface area contributed by atoms with Gasteiger partial charge in [-0.1, -0.05) is 30.7 Å². The number of rotatable bonds is 5. The number of hydrogen-bond donors (Lipinski definition) is 0. The molecule has 0 spiro atoms. The molecule has 1 aromatic heterocycles. The lowest BCUT2D eigenvalue weighted by atomic mass is 9.96. The normalized spacial score (nSPS) is 17.0. The van der Waals surface area contributed by atoms with E-state index in [4.69, 9.17) is 9.97 Å². The van der Waals surface area contributed by atoms with E-state index < -0.39 is 0 Å². The Balaban J connectivity index is 1.61. The van der Waals surface area contributed by atoms with Gasteiger partial charge in [0.15, 0.2) is 0 Å². The zero-order valence-corrected chi connectivity index (χ0v) is 18.2. The molecular weight excluding hydrogens is 360 g/mol. The van der Waals surface area contributed by atoms with Gasteiger partial charge in [0.25, 0.3) is 0 Å². The van der Waals surface area contributed by atoms with Gasteiger partial charge in [-0.05, 0) is 51.2 Å². The fourth-order valence-electron chi connectivity index (χ4n) is 4.28. The van der Waals surface area contributed by atoms with E-state index in [1.807, 2.05) is 11.8 Å². The van der Waals surface area contributed by atoms with E-state index in [2.05, 4.69) is 43.9 Å². The van der Waals surface area contributed by atoms with Crippen LogP contribution in [0.3, 0.4) is 0 Å². The second kappa shape index (κ2) is 8.13. The number of hydrogen-bond acceptors (Lipinski definition) is 4. The molecule has 1 saturated heterocycles. The minimum absolute atomic E-state index is 0.300. The maximum absolute atomic E-state index is 12.4. The van der Waals surface area contributed by atoms with Crippen LogP contribution in [0.4, 0.5) is 5.82 Å². The SMILES string of the molecule is CCc1nc(C)nc(N2CCN(C(=O)C3CC3)CC2)c1Cc1cc(C)ccc1C. The summed E-state index contributed by atoms with van der Waals surface area (Å²) in [4.78, 5) is 26.5. The van der Waals surface area contributed by atoms with E-state index >= 15 is 0 Å². The molecule has 0 N–H and O–H groups in total. The topological polar surface area (TPSA) is 49.3 Å². The summed E-state index contributed by atoms with van der Waals surface area (Å²) in [6, 6.07) is 6.65. The molecule has 5 heteroatoms. The molecule has 2 aliphatic rings. The van der Waals surface area contributed by atoms with Crippen LogP contribution < -0.4 is 4.90 Å². The van der Waals surface area contributed by atoms with Crippen LogP contribution in [0.1, 0.15) is 53.5 Å². The van der Waals surface area contributed by atoms with Gasteiger partial charge in [-0.25, -0.2) is 9.97 Å². The molecule has 0 unspecified atom stereocenters. The summed E-state index contributed by atoms with van der Waals surface area (Å²) in [6.07, 6.45) is 3.90. The Kier molecular flexibility index (Phi) is 5.57. The minimum Gasteiger partial charge on any atom is -0.353 e. The molecule has 29 heavy (non-hydrogen) atoms. The Hall–Kier alpha value is -2.43. The first-order valence-corrected chi connectivity index (χ1v) is 10.9. The molecule has 1 amide bonds. The van der Waals surface area contributed by atoms with E-state index in [9.17, 15) is 4.79 Å². The molecule has 5 nitrogen and oxygen atoms in total. The van der Waals surface area contributed by atoms with E-state index in [1.165, 1.54) is 22.3 Å². The molecular formula is C24H32N4O. The maximum atomic E-state index is 12.4. The third-order valence-corrected chi connectivity index (χ3v) is 6.21. The molecule has 1 saturated carbocycles. The zero-order valence-electron chi connectivity index (χ0n) is 18.2. The van der Waals surface area contributed by atoms with Crippen molar-refractivity contribution in [3.63, 3.8) is 0 Å². The predicted molar refractivity (Wildman–Crippen MR) is 116 cm³/mol. The summed E-state index contributed by atoms with van der Waals surface area (Å²) < 4.78 is 0. The highest BCUT2D eigenvalue weighted by atomic mass is 16.2. The van der Waals surface area contributed by atoms with Gasteiger partial charge in [-0.2, -0.15) is 0 Å². The quantitative estimate of drug-likeness (QED) is 0.780. The summed E-state index contributed by atoms with van der Waals surface area (Å²) in [7, 11) is 0. The smallest absolute Gasteiger partial charge is 0.225 e. The van der Waals surface area contributed by atoms with Crippen LogP contribution in [-0.2, 0) is 17.6 Å². The van der Waals surface area contributed by atoms with Crippen molar-refractivity contribution in [1.82, 2.24) is 14.9 Å². The van der Waals surface area contributed by atoms with Gasteiger partial charge in [0, 0.05) is 49.8 Å². The predicted octanol–water partition coefficient (Wildman–Crippen LogP) is 3.61. The molecule has 2 fully saturated rings. The van der Waals surface area contributed by atoms with Crippen LogP contribution >= 0.6 is 0 Å². The first-order valence-electron chi connectivity index (χ1n) is 10.9. The number of piperazine rings is 1. The van der Waals surface area contributed by atoms with Crippen LogP contribution in [0.5, 0.6) is 0 Å². The zero-order chi connectivity index (χ0) is 20.5. The summed E-state index contributed by atoms with van der Waals surface area (Å²) in [5.74, 6) is 2.55. The first-order chi connectivity index (χ1) is 14.0. The Morgan fingerprint density at radius 3 is 2.45 bits per heavy atom. The second-order valence-electron chi connectivity index (χ2n) is 8.57. The largest absolute Gasteiger partial charge is 0.353 e. The third-order valence-electron chi connectivity index (χ3n) is 6.21. The lowest BCUT2D eigenvalue weighted by Gasteiger charge is -2.36. The van der Waals surface area contributed by atoms with Gasteiger partial charge in [-0.3, -0.25) is 4.79 Å². The van der Waals surface area contributed by atoms with Crippen LogP contribution in [0.15, 0.2) is 18.2 Å². The first kappa shape index (κ1) is 19.9. The molecule has 1 aliphatic heterocycles. The number of anilines is 1. The fourth-order valence-corrected chi connectivity index (χ4v) is 4.28. The molecule has 2 heterocycles. The lowest BCUT2D eigenvalue weighted by molar-refractivity contribution is -0.132. The monoisotopic (exact) mass is 392 g/mol. The van der Waals surface area contributed by atoms with Crippen molar-refractivity contribution in [3.05, 3.63) is 52.0 Å². The van der Waals surface area contributed by atoms with Crippen LogP contribution in [0.25, 0.3) is 0 Å². The van der Waals surface area contributed by atoms with Gasteiger partial charge in [0.1, 0.15) is 11.6 Å². The highest BCUT2D eigenvalue weighted by molar-refractivity contribution is 5.81. The number of benzene rings is 1. The van der Waals surface area contributed by atoms with Gasteiger partial charge < -0.3 is 9.80 Å². The molecule has 154 valence electrons. The Bertz CT molecular complexity index is 911. The molecule has 4 rings (SSSR count). The molecule has 1 aromatic carbocycles. The summed E-state index contributed by atoms with van der Waals surface area (Å²) >= 11 is 0. The number of nitrogens with zero attached hydrogens (tertiary/aromatic N) is 4. The van der Waals surface area contributed by atoms with E-state index in [0.29, 0.717) is 11.8 Å². The summed E-state index contributed by atoms with van der Waals surface area (Å²) in [6.45, 7) is 11.8. The van der Waals surface area contributed by atoms with Crippen molar-refractivity contribution in [2.75, 3.05) is 31.1 Å². The summed E-state index contributed by atoms with van der Waals surface area (Å²) in [5, 5.41) is 0. The van der Waals surface area contributed by atoms with E-state index in [-0.39, 0.29) is 0 Å². The lowest BCUT2D eigenvalue weighted by Crippen LogP contribution is -2.49. The van der Waals surface area contributed by atoms with Crippen molar-refractivity contribution in [1.29, 1.82) is 0 Å². The van der Waals surface area contributed by atoms with E-state index in [1.54, 1.807) is 0 Å². The van der Waals surface area contributed by atoms with Crippen molar-refractivity contribution < 1.29 is 4.79 Å². The summed E-state index contributed by atoms with van der Waals surface area (Å²) in [5.41, 5.74) is 6.32.